The Hall–Kier alpha value is -3.52. The number of hydrogen-bond acceptors (Lipinski definition) is 10. The third-order valence-corrected chi connectivity index (χ3v) is 6.85. The second-order valence-electron chi connectivity index (χ2n) is 9.45. The number of hydrogen-bond donors (Lipinski definition) is 4. The Kier molecular flexibility index (Phi) is 9.74. The number of imidazole rings is 1. The van der Waals surface area contributed by atoms with Crippen molar-refractivity contribution in [1.29, 1.82) is 0 Å². The fourth-order valence-electron chi connectivity index (χ4n) is 4.60. The number of aromatic nitrogens is 4. The van der Waals surface area contributed by atoms with E-state index in [2.05, 4.69) is 25.6 Å². The average Bonchev–Trinajstić information content (AvgIpc) is 3.51. The summed E-state index contributed by atoms with van der Waals surface area (Å²) in [4.78, 5) is 39.7. The third-order valence-electron chi connectivity index (χ3n) is 6.62. The van der Waals surface area contributed by atoms with Crippen LogP contribution in [0.5, 0.6) is 5.75 Å². The number of ether oxygens (including phenoxy) is 2. The Labute approximate surface area is 237 Å². The Morgan fingerprint density at radius 1 is 1.23 bits per heavy atom. The minimum atomic E-state index is -1.16. The molecule has 1 aliphatic rings. The first kappa shape index (κ1) is 29.5. The number of carbonyl (C=O) groups excluding carboxylic acids is 2. The van der Waals surface area contributed by atoms with Crippen LogP contribution in [0.4, 0.5) is 5.82 Å². The van der Waals surface area contributed by atoms with Gasteiger partial charge in [-0.2, -0.15) is 0 Å². The van der Waals surface area contributed by atoms with Crippen LogP contribution in [0.3, 0.4) is 0 Å². The molecule has 2 aromatic heterocycles. The number of halogens is 1. The molecule has 40 heavy (non-hydrogen) atoms. The second-order valence-corrected chi connectivity index (χ2v) is 9.89. The van der Waals surface area contributed by atoms with Crippen LogP contribution in [0.25, 0.3) is 11.2 Å². The summed E-state index contributed by atoms with van der Waals surface area (Å²) in [5.74, 6) is 0.434. The van der Waals surface area contributed by atoms with Gasteiger partial charge in [0.15, 0.2) is 35.9 Å². The van der Waals surface area contributed by atoms with E-state index in [4.69, 9.17) is 26.8 Å². The van der Waals surface area contributed by atoms with Gasteiger partial charge in [-0.1, -0.05) is 25.4 Å². The van der Waals surface area contributed by atoms with E-state index in [1.165, 1.54) is 24.3 Å². The van der Waals surface area contributed by atoms with Gasteiger partial charge in [0, 0.05) is 37.3 Å². The molecule has 1 aliphatic heterocycles. The van der Waals surface area contributed by atoms with Gasteiger partial charge >= 0.3 is 0 Å². The first-order valence-corrected chi connectivity index (χ1v) is 13.6. The Morgan fingerprint density at radius 2 is 1.98 bits per heavy atom. The highest BCUT2D eigenvalue weighted by Crippen LogP contribution is 2.32. The maximum atomic E-state index is 12.7. The van der Waals surface area contributed by atoms with Crippen LogP contribution in [-0.4, -0.2) is 86.3 Å². The topological polar surface area (TPSA) is 170 Å². The van der Waals surface area contributed by atoms with Crippen molar-refractivity contribution in [2.24, 2.45) is 5.73 Å². The van der Waals surface area contributed by atoms with Crippen LogP contribution < -0.4 is 21.1 Å². The van der Waals surface area contributed by atoms with E-state index in [1.807, 2.05) is 13.8 Å². The van der Waals surface area contributed by atoms with Crippen LogP contribution >= 0.6 is 11.6 Å². The molecule has 5 N–H and O–H groups in total. The Balaban J connectivity index is 1.50. The fraction of sp³-hybridized carbons (Fsp3) is 0.500. The molecule has 0 unspecified atom stereocenters. The minimum Gasteiger partial charge on any atom is -0.483 e. The van der Waals surface area contributed by atoms with E-state index < -0.39 is 30.4 Å². The lowest BCUT2D eigenvalue weighted by Gasteiger charge is -2.22. The van der Waals surface area contributed by atoms with Gasteiger partial charge in [-0.05, 0) is 31.0 Å². The molecule has 14 heteroatoms. The van der Waals surface area contributed by atoms with Crippen molar-refractivity contribution in [3.63, 3.8) is 0 Å². The number of carbonyl (C=O) groups is 2. The van der Waals surface area contributed by atoms with Gasteiger partial charge in [-0.25, -0.2) is 15.0 Å². The number of rotatable bonds is 12. The van der Waals surface area contributed by atoms with Crippen molar-refractivity contribution < 1.29 is 24.2 Å². The number of nitrogens with one attached hydrogen (secondary N) is 2. The largest absolute Gasteiger partial charge is 0.483 e. The van der Waals surface area contributed by atoms with Crippen molar-refractivity contribution in [1.82, 2.24) is 29.7 Å². The monoisotopic (exact) mass is 574 g/mol. The van der Waals surface area contributed by atoms with Gasteiger partial charge in [0.2, 0.25) is 0 Å². The number of benzene rings is 1. The number of likely N-dealkylation sites (N-methyl/N-ethyl adjacent to an activating group) is 1. The number of aliphatic hydroxyl groups is 1. The smallest absolute Gasteiger partial charge is 0.260 e. The van der Waals surface area contributed by atoms with E-state index in [0.717, 1.165) is 18.4 Å². The van der Waals surface area contributed by atoms with Gasteiger partial charge in [0.05, 0.1) is 12.4 Å². The molecule has 3 aromatic rings. The van der Waals surface area contributed by atoms with E-state index >= 15 is 0 Å². The van der Waals surface area contributed by atoms with Crippen LogP contribution in [0.15, 0.2) is 30.9 Å². The Bertz CT molecular complexity index is 1330. The highest BCUT2D eigenvalue weighted by atomic mass is 35.5. The van der Waals surface area contributed by atoms with Gasteiger partial charge in [-0.3, -0.25) is 14.2 Å². The molecule has 1 saturated heterocycles. The second kappa shape index (κ2) is 13.2. The zero-order valence-electron chi connectivity index (χ0n) is 22.7. The van der Waals surface area contributed by atoms with E-state index in [-0.39, 0.29) is 19.1 Å². The molecule has 0 aliphatic carbocycles. The fourth-order valence-corrected chi connectivity index (χ4v) is 4.80. The molecule has 0 spiro atoms. The summed E-state index contributed by atoms with van der Waals surface area (Å²) in [6, 6.07) is 4.26. The predicted molar refractivity (Wildman–Crippen MR) is 149 cm³/mol. The number of nitrogens with two attached hydrogens (primary N) is 1. The normalized spacial score (nSPS) is 20.4. The van der Waals surface area contributed by atoms with Gasteiger partial charge in [0.25, 0.3) is 11.8 Å². The first-order valence-electron chi connectivity index (χ1n) is 13.2. The summed E-state index contributed by atoms with van der Waals surface area (Å²) < 4.78 is 13.2. The summed E-state index contributed by atoms with van der Waals surface area (Å²) in [6.07, 6.45) is 1.41. The number of aliphatic hydroxyl groups excluding tert-OH is 1. The summed E-state index contributed by atoms with van der Waals surface area (Å²) in [5.41, 5.74) is 7.56. The summed E-state index contributed by atoms with van der Waals surface area (Å²) in [6.45, 7) is 5.62. The van der Waals surface area contributed by atoms with Crippen molar-refractivity contribution in [2.75, 3.05) is 32.1 Å². The highest BCUT2D eigenvalue weighted by Gasteiger charge is 2.46. The van der Waals surface area contributed by atoms with E-state index in [1.54, 1.807) is 23.1 Å². The lowest BCUT2D eigenvalue weighted by molar-refractivity contribution is -0.134. The Morgan fingerprint density at radius 3 is 2.67 bits per heavy atom. The van der Waals surface area contributed by atoms with Crippen LogP contribution in [0.2, 0.25) is 5.02 Å². The molecule has 1 aromatic carbocycles. The highest BCUT2D eigenvalue weighted by molar-refractivity contribution is 6.30. The first-order chi connectivity index (χ1) is 19.3. The molecule has 4 atom stereocenters. The maximum Gasteiger partial charge on any atom is 0.260 e. The number of nitrogens with zero attached hydrogens (tertiary/aromatic N) is 5. The zero-order chi connectivity index (χ0) is 28.8. The van der Waals surface area contributed by atoms with E-state index in [0.29, 0.717) is 40.8 Å². The molecular weight excluding hydrogens is 540 g/mol. The molecule has 13 nitrogen and oxygen atoms in total. The molecule has 0 bridgehead atoms. The van der Waals surface area contributed by atoms with Gasteiger partial charge < -0.3 is 35.8 Å². The number of fused-ring (bicyclic) bond motifs is 1. The van der Waals surface area contributed by atoms with Crippen LogP contribution in [-0.2, 0) is 20.9 Å². The number of amides is 2. The standard InChI is InChI=1S/C26H35ClN8O5/c1-4-8-34(9-5-2)18(36)12-39-17-7-6-16(27)10-15(17)11-30-23-20-24(32-13-31-23)35(14-33-20)26-21(37)19(28)22(40-26)25(38)29-3/h6-7,10,13-14,19,21-22,26,37H,4-5,8-9,11-12,28H2,1-3H3,(H,29,38)(H,30,31,32)/t19-,21+,22-,26+/m0/s1. The van der Waals surface area contributed by atoms with Gasteiger partial charge in [-0.15, -0.1) is 0 Å². The average molecular weight is 575 g/mol. The molecule has 0 radical (unpaired) electrons. The number of anilines is 1. The minimum absolute atomic E-state index is 0.0738. The van der Waals surface area contributed by atoms with Crippen LogP contribution in [0.1, 0.15) is 38.5 Å². The maximum absolute atomic E-state index is 12.7. The summed E-state index contributed by atoms with van der Waals surface area (Å²) in [5, 5.41) is 16.9. The van der Waals surface area contributed by atoms with Crippen molar-refractivity contribution in [3.05, 3.63) is 41.4 Å². The molecule has 2 amide bonds. The van der Waals surface area contributed by atoms with Gasteiger partial charge in [0.1, 0.15) is 18.2 Å². The molecule has 3 heterocycles. The summed E-state index contributed by atoms with van der Waals surface area (Å²) in [7, 11) is 1.47. The van der Waals surface area contributed by atoms with E-state index in [9.17, 15) is 14.7 Å². The molecule has 4 rings (SSSR count). The molecule has 216 valence electrons. The third kappa shape index (κ3) is 6.28. The quantitative estimate of drug-likeness (QED) is 0.248. The molecule has 1 fully saturated rings. The van der Waals surface area contributed by atoms with Crippen molar-refractivity contribution in [3.8, 4) is 5.75 Å². The summed E-state index contributed by atoms with van der Waals surface area (Å²) >= 11 is 6.26. The molecular formula is C26H35ClN8O5. The zero-order valence-corrected chi connectivity index (χ0v) is 23.5. The predicted octanol–water partition coefficient (Wildman–Crippen LogP) is 1.45. The van der Waals surface area contributed by atoms with Crippen molar-refractivity contribution >= 4 is 40.4 Å². The SMILES string of the molecule is CCCN(CCC)C(=O)COc1ccc(Cl)cc1CNc1ncnc2c1ncn2[C@@H]1O[C@H](C(=O)NC)[C@@H](N)[C@H]1O. The molecule has 0 saturated carbocycles. The lowest BCUT2D eigenvalue weighted by atomic mass is 10.1. The van der Waals surface area contributed by atoms with Crippen LogP contribution in [0, 0.1) is 0 Å². The lowest BCUT2D eigenvalue weighted by Crippen LogP contribution is -2.46. The van der Waals surface area contributed by atoms with Crippen molar-refractivity contribution in [2.45, 2.75) is 57.7 Å².